The molecule has 0 unspecified atom stereocenters. The van der Waals surface area contributed by atoms with Crippen LogP contribution in [0, 0.1) is 11.8 Å². The van der Waals surface area contributed by atoms with Gasteiger partial charge < -0.3 is 10.6 Å². The lowest BCUT2D eigenvalue weighted by molar-refractivity contribution is -0.116. The Morgan fingerprint density at radius 3 is 2.74 bits per heavy atom. The van der Waals surface area contributed by atoms with Crippen molar-refractivity contribution in [3.8, 4) is 11.8 Å². The van der Waals surface area contributed by atoms with E-state index in [2.05, 4.69) is 22.5 Å². The summed E-state index contributed by atoms with van der Waals surface area (Å²) < 4.78 is 0. The molecule has 0 radical (unpaired) electrons. The zero-order valence-electron chi connectivity index (χ0n) is 11.0. The number of hydrogen-bond donors (Lipinski definition) is 2. The van der Waals surface area contributed by atoms with Gasteiger partial charge in [0.15, 0.2) is 0 Å². The van der Waals surface area contributed by atoms with Gasteiger partial charge in [-0.1, -0.05) is 30.0 Å². The maximum Gasteiger partial charge on any atom is 0.252 e. The molecule has 0 aliphatic rings. The van der Waals surface area contributed by atoms with Crippen molar-refractivity contribution in [2.24, 2.45) is 0 Å². The Morgan fingerprint density at radius 1 is 1.32 bits per heavy atom. The van der Waals surface area contributed by atoms with Gasteiger partial charge >= 0.3 is 0 Å². The van der Waals surface area contributed by atoms with Gasteiger partial charge in [-0.15, -0.1) is 0 Å². The molecule has 1 aromatic rings. The molecule has 0 fully saturated rings. The van der Waals surface area contributed by atoms with Crippen molar-refractivity contribution in [2.75, 3.05) is 13.6 Å². The number of carbonyl (C=O) groups excluding carboxylic acids is 2. The Hall–Kier alpha value is -2.54. The van der Waals surface area contributed by atoms with Crippen LogP contribution >= 0.6 is 0 Å². The van der Waals surface area contributed by atoms with E-state index in [1.54, 1.807) is 38.2 Å². The first-order valence-corrected chi connectivity index (χ1v) is 5.89. The molecular weight excluding hydrogens is 240 g/mol. The standard InChI is InChI=1S/C15H16N2O2/c1-3-7-14(18)17-11-6-9-12-8-4-5-10-13(12)15(19)16-2/h3-5,7-8,10H,11H2,1-2H3,(H,16,19)(H,17,18)/b7-3+. The molecular formula is C15H16N2O2. The van der Waals surface area contributed by atoms with Crippen molar-refractivity contribution < 1.29 is 9.59 Å². The van der Waals surface area contributed by atoms with E-state index in [9.17, 15) is 9.59 Å². The van der Waals surface area contributed by atoms with Crippen LogP contribution < -0.4 is 10.6 Å². The van der Waals surface area contributed by atoms with Gasteiger partial charge in [-0.25, -0.2) is 0 Å². The average molecular weight is 256 g/mol. The third kappa shape index (κ3) is 4.68. The van der Waals surface area contributed by atoms with E-state index >= 15 is 0 Å². The zero-order valence-corrected chi connectivity index (χ0v) is 11.0. The van der Waals surface area contributed by atoms with Gasteiger partial charge in [0.2, 0.25) is 5.91 Å². The molecule has 1 rings (SSSR count). The highest BCUT2D eigenvalue weighted by Crippen LogP contribution is 2.06. The van der Waals surface area contributed by atoms with Gasteiger partial charge in [0, 0.05) is 12.6 Å². The van der Waals surface area contributed by atoms with Crippen molar-refractivity contribution in [1.82, 2.24) is 10.6 Å². The van der Waals surface area contributed by atoms with Crippen LogP contribution in [0.15, 0.2) is 36.4 Å². The number of amides is 2. The Kier molecular flexibility index (Phi) is 5.90. The number of nitrogens with one attached hydrogen (secondary N) is 2. The van der Waals surface area contributed by atoms with E-state index in [0.29, 0.717) is 11.1 Å². The number of benzene rings is 1. The predicted molar refractivity (Wildman–Crippen MR) is 74.5 cm³/mol. The van der Waals surface area contributed by atoms with Crippen LogP contribution in [-0.4, -0.2) is 25.4 Å². The normalized spacial score (nSPS) is 9.58. The maximum absolute atomic E-state index is 11.6. The van der Waals surface area contributed by atoms with E-state index in [1.165, 1.54) is 6.08 Å². The molecule has 1 aromatic carbocycles. The van der Waals surface area contributed by atoms with E-state index in [0.717, 1.165) is 0 Å². The predicted octanol–water partition coefficient (Wildman–Crippen LogP) is 1.09. The van der Waals surface area contributed by atoms with Crippen molar-refractivity contribution >= 4 is 11.8 Å². The van der Waals surface area contributed by atoms with Gasteiger partial charge in [0.25, 0.3) is 5.91 Å². The summed E-state index contributed by atoms with van der Waals surface area (Å²) in [4.78, 5) is 22.7. The molecule has 0 saturated carbocycles. The Balaban J connectivity index is 2.73. The van der Waals surface area contributed by atoms with Crippen LogP contribution in [0.2, 0.25) is 0 Å². The molecule has 0 spiro atoms. The first kappa shape index (κ1) is 14.5. The molecule has 4 nitrogen and oxygen atoms in total. The van der Waals surface area contributed by atoms with Gasteiger partial charge in [-0.3, -0.25) is 9.59 Å². The van der Waals surface area contributed by atoms with Gasteiger partial charge in [0.05, 0.1) is 12.1 Å². The smallest absolute Gasteiger partial charge is 0.252 e. The molecule has 0 bridgehead atoms. The van der Waals surface area contributed by atoms with Crippen LogP contribution in [-0.2, 0) is 4.79 Å². The third-order valence-electron chi connectivity index (χ3n) is 2.29. The molecule has 2 N–H and O–H groups in total. The Morgan fingerprint density at radius 2 is 2.05 bits per heavy atom. The second kappa shape index (κ2) is 7.72. The second-order valence-electron chi connectivity index (χ2n) is 3.64. The SMILES string of the molecule is C/C=C/C(=O)NCC#Cc1ccccc1C(=O)NC. The van der Waals surface area contributed by atoms with Crippen LogP contribution in [0.5, 0.6) is 0 Å². The minimum atomic E-state index is -0.184. The Labute approximate surface area is 112 Å². The minimum absolute atomic E-state index is 0.178. The molecule has 0 aliphatic heterocycles. The number of allylic oxidation sites excluding steroid dienone is 1. The summed E-state index contributed by atoms with van der Waals surface area (Å²) in [6, 6.07) is 7.07. The zero-order chi connectivity index (χ0) is 14.1. The van der Waals surface area contributed by atoms with Crippen LogP contribution in [0.25, 0.3) is 0 Å². The minimum Gasteiger partial charge on any atom is -0.355 e. The molecule has 98 valence electrons. The lowest BCUT2D eigenvalue weighted by Crippen LogP contribution is -2.21. The van der Waals surface area contributed by atoms with Gasteiger partial charge in [-0.05, 0) is 25.1 Å². The maximum atomic E-state index is 11.6. The highest BCUT2D eigenvalue weighted by Gasteiger charge is 2.06. The molecule has 4 heteroatoms. The molecule has 0 atom stereocenters. The van der Waals surface area contributed by atoms with E-state index in [4.69, 9.17) is 0 Å². The van der Waals surface area contributed by atoms with E-state index in [-0.39, 0.29) is 18.4 Å². The fourth-order valence-corrected chi connectivity index (χ4v) is 1.41. The number of carbonyl (C=O) groups is 2. The highest BCUT2D eigenvalue weighted by molar-refractivity contribution is 5.96. The summed E-state index contributed by atoms with van der Waals surface area (Å²) in [7, 11) is 1.57. The fourth-order valence-electron chi connectivity index (χ4n) is 1.41. The van der Waals surface area contributed by atoms with E-state index in [1.807, 2.05) is 6.07 Å². The summed E-state index contributed by atoms with van der Waals surface area (Å²) in [6.07, 6.45) is 3.09. The molecule has 0 aromatic heterocycles. The van der Waals surface area contributed by atoms with Gasteiger partial charge in [0.1, 0.15) is 0 Å². The highest BCUT2D eigenvalue weighted by atomic mass is 16.2. The molecule has 2 amide bonds. The van der Waals surface area contributed by atoms with Crippen molar-refractivity contribution in [2.45, 2.75) is 6.92 Å². The summed E-state index contributed by atoms with van der Waals surface area (Å²) >= 11 is 0. The summed E-state index contributed by atoms with van der Waals surface area (Å²) in [5, 5.41) is 5.18. The molecule has 0 saturated heterocycles. The first-order chi connectivity index (χ1) is 9.19. The molecule has 0 heterocycles. The van der Waals surface area contributed by atoms with Crippen LogP contribution in [0.3, 0.4) is 0 Å². The topological polar surface area (TPSA) is 58.2 Å². The summed E-state index contributed by atoms with van der Waals surface area (Å²) in [6.45, 7) is 2.01. The monoisotopic (exact) mass is 256 g/mol. The summed E-state index contributed by atoms with van der Waals surface area (Å²) in [5.41, 5.74) is 1.17. The number of rotatable bonds is 3. The largest absolute Gasteiger partial charge is 0.355 e. The van der Waals surface area contributed by atoms with Gasteiger partial charge in [-0.2, -0.15) is 0 Å². The van der Waals surface area contributed by atoms with Crippen LogP contribution in [0.1, 0.15) is 22.8 Å². The first-order valence-electron chi connectivity index (χ1n) is 5.89. The third-order valence-corrected chi connectivity index (χ3v) is 2.29. The lowest BCUT2D eigenvalue weighted by Gasteiger charge is -2.01. The quantitative estimate of drug-likeness (QED) is 0.628. The van der Waals surface area contributed by atoms with Crippen molar-refractivity contribution in [3.05, 3.63) is 47.5 Å². The molecule has 19 heavy (non-hydrogen) atoms. The molecule has 0 aliphatic carbocycles. The fraction of sp³-hybridized carbons (Fsp3) is 0.200. The van der Waals surface area contributed by atoms with Crippen molar-refractivity contribution in [3.63, 3.8) is 0 Å². The Bertz CT molecular complexity index is 551. The van der Waals surface area contributed by atoms with Crippen molar-refractivity contribution in [1.29, 1.82) is 0 Å². The average Bonchev–Trinajstić information content (AvgIpc) is 2.43. The second-order valence-corrected chi connectivity index (χ2v) is 3.64. The number of hydrogen-bond acceptors (Lipinski definition) is 2. The summed E-state index contributed by atoms with van der Waals surface area (Å²) in [5.74, 6) is 5.33. The van der Waals surface area contributed by atoms with E-state index < -0.39 is 0 Å². The lowest BCUT2D eigenvalue weighted by atomic mass is 10.1. The van der Waals surface area contributed by atoms with Crippen LogP contribution in [0.4, 0.5) is 0 Å².